The Hall–Kier alpha value is -2.18. The quantitative estimate of drug-likeness (QED) is 0.877. The summed E-state index contributed by atoms with van der Waals surface area (Å²) in [5, 5.41) is 6.23. The number of ether oxygens (including phenoxy) is 1. The first kappa shape index (κ1) is 17.6. The largest absolute Gasteiger partial charge is 0.444 e. The minimum Gasteiger partial charge on any atom is -0.444 e. The molecule has 3 rings (SSSR count). The smallest absolute Gasteiger partial charge is 0.408 e. The van der Waals surface area contributed by atoms with Crippen molar-refractivity contribution >= 4 is 12.0 Å². The van der Waals surface area contributed by atoms with Crippen LogP contribution in [-0.4, -0.2) is 38.6 Å². The summed E-state index contributed by atoms with van der Waals surface area (Å²) in [4.78, 5) is 32.7. The molecule has 0 aromatic carbocycles. The molecular weight excluding hydrogens is 320 g/mol. The van der Waals surface area contributed by atoms with Crippen LogP contribution >= 0.6 is 0 Å². The van der Waals surface area contributed by atoms with Crippen LogP contribution < -0.4 is 10.6 Å². The number of alkyl carbamates (subject to hydrolysis) is 1. The summed E-state index contributed by atoms with van der Waals surface area (Å²) < 4.78 is 5.41. The summed E-state index contributed by atoms with van der Waals surface area (Å²) in [6, 6.07) is 0. The summed E-state index contributed by atoms with van der Waals surface area (Å²) in [6.07, 6.45) is 9.33. The predicted octanol–water partition coefficient (Wildman–Crippen LogP) is 2.58. The first-order valence-corrected chi connectivity index (χ1v) is 8.81. The molecule has 2 saturated carbocycles. The van der Waals surface area contributed by atoms with Gasteiger partial charge in [0.15, 0.2) is 0 Å². The molecule has 0 aliphatic heterocycles. The van der Waals surface area contributed by atoms with Gasteiger partial charge < -0.3 is 15.4 Å². The number of amides is 2. The predicted molar refractivity (Wildman–Crippen MR) is 92.0 cm³/mol. The minimum absolute atomic E-state index is 0.205. The lowest BCUT2D eigenvalue weighted by molar-refractivity contribution is 0.0428. The fraction of sp³-hybridized carbons (Fsp3) is 0.667. The molecule has 7 heteroatoms. The van der Waals surface area contributed by atoms with E-state index in [1.54, 1.807) is 6.20 Å². The molecule has 136 valence electrons. The summed E-state index contributed by atoms with van der Waals surface area (Å²) in [5.41, 5.74) is -0.788. The van der Waals surface area contributed by atoms with Crippen molar-refractivity contribution in [1.29, 1.82) is 0 Å². The number of carbonyl (C=O) groups excluding carboxylic acids is 2. The Bertz CT molecular complexity index is 658. The van der Waals surface area contributed by atoms with Crippen LogP contribution in [0.1, 0.15) is 69.8 Å². The third-order valence-electron chi connectivity index (χ3n) is 5.01. The van der Waals surface area contributed by atoms with Gasteiger partial charge in [-0.25, -0.2) is 9.78 Å². The molecule has 2 fully saturated rings. The SMILES string of the molecule is CC(C)(C)OC(=O)N[C@]12CCC[C@](NC(=O)c3cnccn3)(CC1)C2. The van der Waals surface area contributed by atoms with Crippen molar-refractivity contribution in [1.82, 2.24) is 20.6 Å². The van der Waals surface area contributed by atoms with Gasteiger partial charge in [-0.3, -0.25) is 9.78 Å². The molecular formula is C18H26N4O3. The van der Waals surface area contributed by atoms with Gasteiger partial charge in [0.1, 0.15) is 11.3 Å². The van der Waals surface area contributed by atoms with Crippen molar-refractivity contribution in [3.05, 3.63) is 24.3 Å². The Balaban J connectivity index is 1.67. The van der Waals surface area contributed by atoms with Crippen molar-refractivity contribution < 1.29 is 14.3 Å². The van der Waals surface area contributed by atoms with Gasteiger partial charge in [-0.05, 0) is 59.3 Å². The van der Waals surface area contributed by atoms with Crippen molar-refractivity contribution in [2.75, 3.05) is 0 Å². The molecule has 2 bridgehead atoms. The topological polar surface area (TPSA) is 93.2 Å². The van der Waals surface area contributed by atoms with Crippen molar-refractivity contribution in [2.45, 2.75) is 76.0 Å². The van der Waals surface area contributed by atoms with Crippen molar-refractivity contribution in [2.24, 2.45) is 0 Å². The monoisotopic (exact) mass is 346 g/mol. The molecule has 1 heterocycles. The zero-order chi connectivity index (χ0) is 18.1. The highest BCUT2D eigenvalue weighted by Gasteiger charge is 2.52. The highest BCUT2D eigenvalue weighted by Crippen LogP contribution is 2.48. The fourth-order valence-electron chi connectivity index (χ4n) is 4.07. The number of nitrogens with one attached hydrogen (secondary N) is 2. The number of fused-ring (bicyclic) bond motifs is 2. The summed E-state index contributed by atoms with van der Waals surface area (Å²) in [7, 11) is 0. The molecule has 2 N–H and O–H groups in total. The molecule has 0 saturated heterocycles. The molecule has 1 aromatic rings. The third kappa shape index (κ3) is 4.08. The summed E-state index contributed by atoms with van der Waals surface area (Å²) in [5.74, 6) is -0.205. The van der Waals surface area contributed by atoms with Crippen LogP contribution in [0.4, 0.5) is 4.79 Å². The Kier molecular flexibility index (Phi) is 4.43. The molecule has 0 unspecified atom stereocenters. The van der Waals surface area contributed by atoms with Gasteiger partial charge >= 0.3 is 6.09 Å². The lowest BCUT2D eigenvalue weighted by Crippen LogP contribution is -2.55. The van der Waals surface area contributed by atoms with E-state index in [4.69, 9.17) is 4.74 Å². The highest BCUT2D eigenvalue weighted by atomic mass is 16.6. The van der Waals surface area contributed by atoms with Crippen LogP contribution in [-0.2, 0) is 4.74 Å². The van der Waals surface area contributed by atoms with Crippen LogP contribution in [0.2, 0.25) is 0 Å². The number of hydrogen-bond acceptors (Lipinski definition) is 5. The van der Waals surface area contributed by atoms with E-state index in [-0.39, 0.29) is 23.1 Å². The van der Waals surface area contributed by atoms with Crippen LogP contribution in [0, 0.1) is 0 Å². The Morgan fingerprint density at radius 3 is 2.36 bits per heavy atom. The van der Waals surface area contributed by atoms with E-state index < -0.39 is 5.60 Å². The molecule has 2 amide bonds. The zero-order valence-corrected chi connectivity index (χ0v) is 15.1. The first-order valence-electron chi connectivity index (χ1n) is 8.81. The normalized spacial score (nSPS) is 28.3. The maximum absolute atomic E-state index is 12.5. The van der Waals surface area contributed by atoms with Crippen LogP contribution in [0.15, 0.2) is 18.6 Å². The zero-order valence-electron chi connectivity index (χ0n) is 15.1. The van der Waals surface area contributed by atoms with E-state index in [0.717, 1.165) is 38.5 Å². The molecule has 2 atom stereocenters. The van der Waals surface area contributed by atoms with E-state index in [0.29, 0.717) is 5.69 Å². The number of carbonyl (C=O) groups is 2. The average Bonchev–Trinajstić information content (AvgIpc) is 2.76. The molecule has 25 heavy (non-hydrogen) atoms. The molecule has 0 spiro atoms. The van der Waals surface area contributed by atoms with E-state index >= 15 is 0 Å². The lowest BCUT2D eigenvalue weighted by atomic mass is 9.78. The number of hydrogen-bond donors (Lipinski definition) is 2. The third-order valence-corrected chi connectivity index (χ3v) is 5.01. The minimum atomic E-state index is -0.523. The lowest BCUT2D eigenvalue weighted by Gasteiger charge is -2.40. The van der Waals surface area contributed by atoms with Crippen LogP contribution in [0.25, 0.3) is 0 Å². The van der Waals surface area contributed by atoms with Crippen LogP contribution in [0.5, 0.6) is 0 Å². The van der Waals surface area contributed by atoms with E-state index in [9.17, 15) is 9.59 Å². The van der Waals surface area contributed by atoms with E-state index in [1.165, 1.54) is 12.4 Å². The number of rotatable bonds is 3. The Labute approximate surface area is 148 Å². The second kappa shape index (κ2) is 6.28. The highest BCUT2D eigenvalue weighted by molar-refractivity contribution is 5.92. The maximum Gasteiger partial charge on any atom is 0.408 e. The second-order valence-corrected chi connectivity index (χ2v) is 8.26. The van der Waals surface area contributed by atoms with Gasteiger partial charge in [-0.15, -0.1) is 0 Å². The average molecular weight is 346 g/mol. The number of aromatic nitrogens is 2. The van der Waals surface area contributed by atoms with E-state index in [2.05, 4.69) is 20.6 Å². The van der Waals surface area contributed by atoms with Gasteiger partial charge in [0.2, 0.25) is 0 Å². The Morgan fingerprint density at radius 2 is 1.76 bits per heavy atom. The molecule has 2 aliphatic carbocycles. The van der Waals surface area contributed by atoms with Gasteiger partial charge in [0.25, 0.3) is 5.91 Å². The fourth-order valence-corrected chi connectivity index (χ4v) is 4.07. The van der Waals surface area contributed by atoms with Crippen molar-refractivity contribution in [3.8, 4) is 0 Å². The standard InChI is InChI=1S/C18H26N4O3/c1-16(2,3)25-15(24)22-18-6-4-5-17(12-18,7-8-18)21-14(23)13-11-19-9-10-20-13/h9-11H,4-8,12H2,1-3H3,(H,21,23)(H,22,24)/t17-,18+/m0/s1. The van der Waals surface area contributed by atoms with Crippen LogP contribution in [0.3, 0.4) is 0 Å². The van der Waals surface area contributed by atoms with Gasteiger partial charge in [0.05, 0.1) is 6.20 Å². The first-order chi connectivity index (χ1) is 11.7. The van der Waals surface area contributed by atoms with Gasteiger partial charge in [0, 0.05) is 23.5 Å². The second-order valence-electron chi connectivity index (χ2n) is 8.26. The Morgan fingerprint density at radius 1 is 1.08 bits per heavy atom. The molecule has 1 aromatic heterocycles. The van der Waals surface area contributed by atoms with Gasteiger partial charge in [-0.1, -0.05) is 0 Å². The molecule has 0 radical (unpaired) electrons. The van der Waals surface area contributed by atoms with Crippen molar-refractivity contribution in [3.63, 3.8) is 0 Å². The summed E-state index contributed by atoms with van der Waals surface area (Å²) >= 11 is 0. The number of nitrogens with zero attached hydrogens (tertiary/aromatic N) is 2. The van der Waals surface area contributed by atoms with E-state index in [1.807, 2.05) is 20.8 Å². The summed E-state index contributed by atoms with van der Waals surface area (Å²) in [6.45, 7) is 5.56. The maximum atomic E-state index is 12.5. The molecule has 7 nitrogen and oxygen atoms in total. The molecule has 2 aliphatic rings. The van der Waals surface area contributed by atoms with Gasteiger partial charge in [-0.2, -0.15) is 0 Å².